The van der Waals surface area contributed by atoms with Crippen LogP contribution in [-0.4, -0.2) is 63.5 Å². The monoisotopic (exact) mass is 498 g/mol. The van der Waals surface area contributed by atoms with E-state index in [1.807, 2.05) is 6.07 Å². The van der Waals surface area contributed by atoms with Crippen molar-refractivity contribution in [1.29, 1.82) is 0 Å². The van der Waals surface area contributed by atoms with E-state index in [-0.39, 0.29) is 23.6 Å². The van der Waals surface area contributed by atoms with Crippen LogP contribution in [-0.2, 0) is 9.47 Å². The first-order valence-corrected chi connectivity index (χ1v) is 12.4. The van der Waals surface area contributed by atoms with E-state index in [1.54, 1.807) is 36.3 Å². The molecule has 3 aromatic rings. The highest BCUT2D eigenvalue weighted by atomic mass is 35.5. The molecule has 35 heavy (non-hydrogen) atoms. The molecule has 2 N–H and O–H groups in total. The van der Waals surface area contributed by atoms with Crippen molar-refractivity contribution in [3.8, 4) is 11.4 Å². The van der Waals surface area contributed by atoms with Crippen LogP contribution in [0.5, 0.6) is 0 Å². The number of hydrogen-bond acceptors (Lipinski definition) is 7. The zero-order chi connectivity index (χ0) is 24.6. The molecule has 2 aliphatic rings. The summed E-state index contributed by atoms with van der Waals surface area (Å²) in [7, 11) is 1.77. The number of hydrogen-bond donors (Lipinski definition) is 2. The summed E-state index contributed by atoms with van der Waals surface area (Å²) in [5.74, 6) is 0.371. The maximum absolute atomic E-state index is 13.3. The minimum absolute atomic E-state index is 0.121. The second kappa shape index (κ2) is 9.72. The Hall–Kier alpha value is -2.75. The number of carbonyl (C=O) groups excluding carboxylic acids is 1. The highest BCUT2D eigenvalue weighted by molar-refractivity contribution is 6.30. The van der Waals surface area contributed by atoms with E-state index in [1.165, 1.54) is 0 Å². The molecule has 0 unspecified atom stereocenters. The number of pyridine rings is 1. The number of aromatic nitrogens is 4. The topological polar surface area (TPSA) is 103 Å². The van der Waals surface area contributed by atoms with Crippen LogP contribution >= 0.6 is 11.6 Å². The van der Waals surface area contributed by atoms with Crippen LogP contribution in [0.25, 0.3) is 17.0 Å². The van der Waals surface area contributed by atoms with E-state index in [0.29, 0.717) is 41.1 Å². The molecule has 10 heteroatoms. The highest BCUT2D eigenvalue weighted by Gasteiger charge is 2.34. The molecule has 0 atom stereocenters. The number of halogens is 1. The van der Waals surface area contributed by atoms with Crippen molar-refractivity contribution in [3.05, 3.63) is 41.3 Å². The van der Waals surface area contributed by atoms with Gasteiger partial charge in [-0.1, -0.05) is 11.6 Å². The van der Waals surface area contributed by atoms with Gasteiger partial charge in [0.2, 0.25) is 0 Å². The second-order valence-electron chi connectivity index (χ2n) is 9.91. The summed E-state index contributed by atoms with van der Waals surface area (Å²) in [6.07, 6.45) is 8.82. The summed E-state index contributed by atoms with van der Waals surface area (Å²) in [6.45, 7) is 5.49. The molecular weight excluding hydrogens is 468 g/mol. The number of methoxy groups -OCH3 is 1. The van der Waals surface area contributed by atoms with E-state index >= 15 is 0 Å². The van der Waals surface area contributed by atoms with Crippen molar-refractivity contribution in [2.24, 2.45) is 5.92 Å². The molecule has 9 nitrogen and oxygen atoms in total. The maximum atomic E-state index is 13.3. The lowest BCUT2D eigenvalue weighted by atomic mass is 9.77. The molecule has 4 heterocycles. The van der Waals surface area contributed by atoms with Gasteiger partial charge in [-0.25, -0.2) is 9.50 Å². The third-order valence-corrected chi connectivity index (χ3v) is 7.51. The van der Waals surface area contributed by atoms with Gasteiger partial charge in [-0.3, -0.25) is 9.78 Å². The van der Waals surface area contributed by atoms with Crippen molar-refractivity contribution in [3.63, 3.8) is 0 Å². The summed E-state index contributed by atoms with van der Waals surface area (Å²) in [5.41, 5.74) is 3.10. The third kappa shape index (κ3) is 4.98. The first-order chi connectivity index (χ1) is 16.8. The van der Waals surface area contributed by atoms with Crippen LogP contribution in [0.15, 0.2) is 30.7 Å². The molecule has 0 spiro atoms. The average Bonchev–Trinajstić information content (AvgIpc) is 3.24. The number of imidazole rings is 1. The summed E-state index contributed by atoms with van der Waals surface area (Å²) in [4.78, 5) is 22.3. The Morgan fingerprint density at radius 1 is 1.11 bits per heavy atom. The van der Waals surface area contributed by atoms with Crippen LogP contribution in [0.4, 0.5) is 5.69 Å². The smallest absolute Gasteiger partial charge is 0.255 e. The van der Waals surface area contributed by atoms with Gasteiger partial charge in [0.1, 0.15) is 5.69 Å². The third-order valence-electron chi connectivity index (χ3n) is 7.31. The number of nitrogens with zero attached hydrogens (tertiary/aromatic N) is 4. The van der Waals surface area contributed by atoms with E-state index in [2.05, 4.69) is 39.5 Å². The SMILES string of the molecule is COC(C)(C)C1CCC(NC(=O)c2cnc(-c3cnc4cc(Cl)cnn34)cc2NC2COC2)CC1. The minimum Gasteiger partial charge on any atom is -0.379 e. The van der Waals surface area contributed by atoms with E-state index in [4.69, 9.17) is 21.1 Å². The lowest BCUT2D eigenvalue weighted by Gasteiger charge is -2.38. The standard InChI is InChI=1S/C25H31ClN6O3/c1-25(2,34-3)15-4-6-17(7-5-15)31-24(33)19-11-27-21(9-20(19)30-18-13-35-14-18)22-12-28-23-8-16(26)10-29-32(22)23/h8-12,15,17-18H,4-7,13-14H2,1-3H3,(H,27,30)(H,31,33). The molecule has 1 amide bonds. The summed E-state index contributed by atoms with van der Waals surface area (Å²) >= 11 is 6.05. The maximum Gasteiger partial charge on any atom is 0.255 e. The first kappa shape index (κ1) is 24.0. The lowest BCUT2D eigenvalue weighted by molar-refractivity contribution is -0.0421. The normalized spacial score (nSPS) is 21.0. The van der Waals surface area contributed by atoms with Gasteiger partial charge in [0, 0.05) is 25.4 Å². The van der Waals surface area contributed by atoms with Gasteiger partial charge in [0.15, 0.2) is 5.65 Å². The van der Waals surface area contributed by atoms with Crippen LogP contribution in [0.2, 0.25) is 5.02 Å². The van der Waals surface area contributed by atoms with Gasteiger partial charge >= 0.3 is 0 Å². The molecule has 1 saturated heterocycles. The van der Waals surface area contributed by atoms with Crippen LogP contribution in [0.1, 0.15) is 49.9 Å². The van der Waals surface area contributed by atoms with Crippen LogP contribution in [0.3, 0.4) is 0 Å². The highest BCUT2D eigenvalue weighted by Crippen LogP contribution is 2.35. The predicted molar refractivity (Wildman–Crippen MR) is 134 cm³/mol. The van der Waals surface area contributed by atoms with Gasteiger partial charge < -0.3 is 20.1 Å². The second-order valence-corrected chi connectivity index (χ2v) is 10.3. The predicted octanol–water partition coefficient (Wildman–Crippen LogP) is 3.97. The number of nitrogens with one attached hydrogen (secondary N) is 2. The Kier molecular flexibility index (Phi) is 6.65. The van der Waals surface area contributed by atoms with Gasteiger partial charge in [0.25, 0.3) is 5.91 Å². The fraction of sp³-hybridized carbons (Fsp3) is 0.520. The molecule has 5 rings (SSSR count). The number of amides is 1. The van der Waals surface area contributed by atoms with Crippen molar-refractivity contribution < 1.29 is 14.3 Å². The molecule has 0 aromatic carbocycles. The molecule has 1 aliphatic carbocycles. The molecular formula is C25H31ClN6O3. The van der Waals surface area contributed by atoms with Crippen molar-refractivity contribution in [2.45, 2.75) is 57.2 Å². The molecule has 1 aliphatic heterocycles. The fourth-order valence-electron chi connectivity index (χ4n) is 4.83. The first-order valence-electron chi connectivity index (χ1n) is 12.0. The molecule has 2 fully saturated rings. The van der Waals surface area contributed by atoms with E-state index in [0.717, 1.165) is 37.1 Å². The number of fused-ring (bicyclic) bond motifs is 1. The molecule has 3 aromatic heterocycles. The van der Waals surface area contributed by atoms with E-state index in [9.17, 15) is 4.79 Å². The van der Waals surface area contributed by atoms with Crippen LogP contribution in [0, 0.1) is 5.92 Å². The van der Waals surface area contributed by atoms with Gasteiger partial charge in [0.05, 0.1) is 59.2 Å². The Balaban J connectivity index is 1.36. The van der Waals surface area contributed by atoms with Gasteiger partial charge in [-0.2, -0.15) is 5.10 Å². The van der Waals surface area contributed by atoms with Crippen molar-refractivity contribution in [1.82, 2.24) is 24.9 Å². The quantitative estimate of drug-likeness (QED) is 0.508. The zero-order valence-electron chi connectivity index (χ0n) is 20.3. The number of anilines is 1. The van der Waals surface area contributed by atoms with E-state index < -0.39 is 0 Å². The lowest BCUT2D eigenvalue weighted by Crippen LogP contribution is -2.43. The summed E-state index contributed by atoms with van der Waals surface area (Å²) in [5, 5.41) is 11.5. The minimum atomic E-state index is -0.144. The Morgan fingerprint density at radius 3 is 2.57 bits per heavy atom. The molecule has 1 saturated carbocycles. The number of carbonyl (C=O) groups is 1. The van der Waals surface area contributed by atoms with Crippen molar-refractivity contribution in [2.75, 3.05) is 25.6 Å². The largest absolute Gasteiger partial charge is 0.379 e. The average molecular weight is 499 g/mol. The Bertz CT molecular complexity index is 1220. The summed E-state index contributed by atoms with van der Waals surface area (Å²) in [6, 6.07) is 3.92. The zero-order valence-corrected chi connectivity index (χ0v) is 21.0. The Labute approximate surface area is 209 Å². The number of ether oxygens (including phenoxy) is 2. The molecule has 0 bridgehead atoms. The summed E-state index contributed by atoms with van der Waals surface area (Å²) < 4.78 is 12.7. The number of rotatable bonds is 7. The fourth-order valence-corrected chi connectivity index (χ4v) is 4.97. The van der Waals surface area contributed by atoms with Gasteiger partial charge in [-0.15, -0.1) is 0 Å². The van der Waals surface area contributed by atoms with Crippen molar-refractivity contribution >= 4 is 28.8 Å². The Morgan fingerprint density at radius 2 is 1.89 bits per heavy atom. The molecule has 186 valence electrons. The molecule has 0 radical (unpaired) electrons. The van der Waals surface area contributed by atoms with Gasteiger partial charge in [-0.05, 0) is 51.5 Å². The van der Waals surface area contributed by atoms with Crippen LogP contribution < -0.4 is 10.6 Å².